The van der Waals surface area contributed by atoms with Crippen LogP contribution < -0.4 is 5.73 Å². The fourth-order valence-corrected chi connectivity index (χ4v) is 3.37. The van der Waals surface area contributed by atoms with Crippen LogP contribution in [0.1, 0.15) is 35.3 Å². The quantitative estimate of drug-likeness (QED) is 0.933. The molecule has 1 amide bonds. The number of rotatable bonds is 4. The van der Waals surface area contributed by atoms with Gasteiger partial charge in [-0.15, -0.1) is 0 Å². The first-order valence-corrected chi connectivity index (χ1v) is 8.14. The molecule has 5 nitrogen and oxygen atoms in total. The lowest BCUT2D eigenvalue weighted by Crippen LogP contribution is -2.36. The number of hydrogen-bond donors (Lipinski definition) is 1. The van der Waals surface area contributed by atoms with E-state index in [2.05, 4.69) is 5.16 Å². The van der Waals surface area contributed by atoms with Gasteiger partial charge in [0.25, 0.3) is 0 Å². The van der Waals surface area contributed by atoms with E-state index in [1.54, 1.807) is 6.07 Å². The summed E-state index contributed by atoms with van der Waals surface area (Å²) in [5, 5.41) is 4.51. The number of carbonyl (C=O) groups is 1. The molecule has 1 aliphatic rings. The Bertz CT molecular complexity index is 701. The summed E-state index contributed by atoms with van der Waals surface area (Å²) in [6.07, 6.45) is 0.875. The lowest BCUT2D eigenvalue weighted by atomic mass is 9.97. The maximum Gasteiger partial charge on any atom is 0.231 e. The summed E-state index contributed by atoms with van der Waals surface area (Å²) in [4.78, 5) is 14.7. The maximum atomic E-state index is 12.9. The summed E-state index contributed by atoms with van der Waals surface area (Å²) in [5.41, 5.74) is 7.51. The van der Waals surface area contributed by atoms with E-state index in [9.17, 15) is 4.79 Å². The highest BCUT2D eigenvalue weighted by Crippen LogP contribution is 2.31. The van der Waals surface area contributed by atoms with Crippen LogP contribution in [0.3, 0.4) is 0 Å². The van der Waals surface area contributed by atoms with Gasteiger partial charge in [-0.25, -0.2) is 0 Å². The van der Waals surface area contributed by atoms with Crippen molar-refractivity contribution in [2.24, 2.45) is 5.73 Å². The number of benzene rings is 1. The van der Waals surface area contributed by atoms with Crippen molar-refractivity contribution in [3.63, 3.8) is 0 Å². The summed E-state index contributed by atoms with van der Waals surface area (Å²) in [6, 6.07) is 9.32. The fourth-order valence-electron chi connectivity index (χ4n) is 3.11. The van der Waals surface area contributed by atoms with Gasteiger partial charge in [0.2, 0.25) is 5.91 Å². The third-order valence-electron chi connectivity index (χ3n) is 4.36. The zero-order valence-electron chi connectivity index (χ0n) is 13.0. The van der Waals surface area contributed by atoms with Crippen LogP contribution in [0.2, 0.25) is 5.02 Å². The third kappa shape index (κ3) is 3.26. The average Bonchev–Trinajstić information content (AvgIpc) is 3.18. The first kappa shape index (κ1) is 16.0. The van der Waals surface area contributed by atoms with Crippen LogP contribution in [-0.4, -0.2) is 35.6 Å². The minimum Gasteiger partial charge on any atom is -0.361 e. The Balaban J connectivity index is 1.74. The van der Waals surface area contributed by atoms with Crippen molar-refractivity contribution < 1.29 is 9.32 Å². The van der Waals surface area contributed by atoms with E-state index < -0.39 is 5.92 Å². The Hall–Kier alpha value is -1.85. The zero-order valence-corrected chi connectivity index (χ0v) is 13.8. The molecule has 0 saturated carbocycles. The minimum absolute atomic E-state index is 0.0272. The monoisotopic (exact) mass is 333 g/mol. The van der Waals surface area contributed by atoms with Gasteiger partial charge in [0.05, 0.1) is 11.6 Å². The van der Waals surface area contributed by atoms with Gasteiger partial charge in [-0.1, -0.05) is 35.0 Å². The van der Waals surface area contributed by atoms with Gasteiger partial charge >= 0.3 is 0 Å². The molecule has 122 valence electrons. The molecular weight excluding hydrogens is 314 g/mol. The topological polar surface area (TPSA) is 72.4 Å². The van der Waals surface area contributed by atoms with E-state index in [0.717, 1.165) is 23.4 Å². The van der Waals surface area contributed by atoms with Crippen molar-refractivity contribution in [3.8, 4) is 0 Å². The van der Waals surface area contributed by atoms with E-state index in [-0.39, 0.29) is 18.4 Å². The van der Waals surface area contributed by atoms with E-state index >= 15 is 0 Å². The van der Waals surface area contributed by atoms with Gasteiger partial charge in [0.1, 0.15) is 5.76 Å². The Kier molecular flexibility index (Phi) is 4.68. The smallest absolute Gasteiger partial charge is 0.231 e. The van der Waals surface area contributed by atoms with E-state index in [1.165, 1.54) is 0 Å². The number of hydrogen-bond acceptors (Lipinski definition) is 4. The van der Waals surface area contributed by atoms with Crippen molar-refractivity contribution in [3.05, 3.63) is 52.4 Å². The average molecular weight is 334 g/mol. The van der Waals surface area contributed by atoms with Gasteiger partial charge in [0.15, 0.2) is 0 Å². The molecule has 2 N–H and O–H groups in total. The number of aromatic nitrogens is 1. The number of nitrogens with zero attached hydrogens (tertiary/aromatic N) is 2. The Morgan fingerprint density at radius 1 is 1.52 bits per heavy atom. The Labute approximate surface area is 140 Å². The van der Waals surface area contributed by atoms with Crippen LogP contribution in [0.5, 0.6) is 0 Å². The first-order valence-electron chi connectivity index (χ1n) is 7.76. The van der Waals surface area contributed by atoms with Crippen LogP contribution in [0.4, 0.5) is 0 Å². The summed E-state index contributed by atoms with van der Waals surface area (Å²) < 4.78 is 5.33. The highest BCUT2D eigenvalue weighted by atomic mass is 35.5. The van der Waals surface area contributed by atoms with E-state index in [1.807, 2.05) is 36.1 Å². The maximum absolute atomic E-state index is 12.9. The number of amides is 1. The number of aryl methyl sites for hydroxylation is 1. The van der Waals surface area contributed by atoms with Gasteiger partial charge in [-0.3, -0.25) is 4.79 Å². The molecule has 0 aliphatic carbocycles. The first-order chi connectivity index (χ1) is 11.1. The summed E-state index contributed by atoms with van der Waals surface area (Å²) >= 11 is 6.23. The number of halogens is 1. The molecule has 1 aromatic carbocycles. The summed E-state index contributed by atoms with van der Waals surface area (Å²) in [6.45, 7) is 3.47. The van der Waals surface area contributed by atoms with Crippen molar-refractivity contribution in [1.29, 1.82) is 0 Å². The second-order valence-electron chi connectivity index (χ2n) is 5.95. The van der Waals surface area contributed by atoms with Crippen molar-refractivity contribution in [1.82, 2.24) is 10.1 Å². The largest absolute Gasteiger partial charge is 0.361 e. The van der Waals surface area contributed by atoms with Gasteiger partial charge in [-0.2, -0.15) is 0 Å². The summed E-state index contributed by atoms with van der Waals surface area (Å²) in [7, 11) is 0. The molecular formula is C17H20ClN3O2. The van der Waals surface area contributed by atoms with E-state index in [0.29, 0.717) is 18.1 Å². The molecule has 2 heterocycles. The molecule has 6 heteroatoms. The highest BCUT2D eigenvalue weighted by Gasteiger charge is 2.33. The molecule has 3 rings (SSSR count). The number of likely N-dealkylation sites (tertiary alicyclic amines) is 1. The molecule has 1 aromatic heterocycles. The van der Waals surface area contributed by atoms with Crippen LogP contribution in [0, 0.1) is 6.92 Å². The molecule has 23 heavy (non-hydrogen) atoms. The normalized spacial score (nSPS) is 19.1. The Morgan fingerprint density at radius 3 is 2.96 bits per heavy atom. The molecule has 0 spiro atoms. The van der Waals surface area contributed by atoms with Crippen LogP contribution >= 0.6 is 11.6 Å². The predicted molar refractivity (Wildman–Crippen MR) is 88.4 cm³/mol. The molecule has 1 saturated heterocycles. The van der Waals surface area contributed by atoms with Gasteiger partial charge in [-0.05, 0) is 25.0 Å². The molecule has 1 aliphatic heterocycles. The van der Waals surface area contributed by atoms with Crippen molar-refractivity contribution in [2.45, 2.75) is 25.2 Å². The lowest BCUT2D eigenvalue weighted by molar-refractivity contribution is -0.131. The third-order valence-corrected chi connectivity index (χ3v) is 4.71. The second kappa shape index (κ2) is 6.72. The molecule has 0 radical (unpaired) electrons. The SMILES string of the molecule is Cc1cc(C2CCN(C(=O)C(CN)c3ccccc3Cl)C2)on1. The zero-order chi connectivity index (χ0) is 16.4. The fraction of sp³-hybridized carbons (Fsp3) is 0.412. The van der Waals surface area contributed by atoms with Crippen LogP contribution in [-0.2, 0) is 4.79 Å². The van der Waals surface area contributed by atoms with Crippen molar-refractivity contribution in [2.75, 3.05) is 19.6 Å². The predicted octanol–water partition coefficient (Wildman–Crippen LogP) is 2.69. The van der Waals surface area contributed by atoms with Gasteiger partial charge in [0, 0.05) is 36.6 Å². The number of nitrogens with two attached hydrogens (primary N) is 1. The number of carbonyl (C=O) groups excluding carboxylic acids is 1. The molecule has 2 unspecified atom stereocenters. The Morgan fingerprint density at radius 2 is 2.30 bits per heavy atom. The van der Waals surface area contributed by atoms with E-state index in [4.69, 9.17) is 21.9 Å². The van der Waals surface area contributed by atoms with Crippen LogP contribution in [0.25, 0.3) is 0 Å². The molecule has 1 fully saturated rings. The van der Waals surface area contributed by atoms with Gasteiger partial charge < -0.3 is 15.2 Å². The molecule has 0 bridgehead atoms. The molecule has 2 atom stereocenters. The standard InChI is InChI=1S/C17H20ClN3O2/c1-11-8-16(23-20-11)12-6-7-21(10-12)17(22)14(9-19)13-4-2-3-5-15(13)18/h2-5,8,12,14H,6-7,9-10,19H2,1H3. The summed E-state index contributed by atoms with van der Waals surface area (Å²) in [5.74, 6) is 0.669. The lowest BCUT2D eigenvalue weighted by Gasteiger charge is -2.23. The minimum atomic E-state index is -0.404. The van der Waals surface area contributed by atoms with Crippen molar-refractivity contribution >= 4 is 17.5 Å². The van der Waals surface area contributed by atoms with Crippen LogP contribution in [0.15, 0.2) is 34.9 Å². The highest BCUT2D eigenvalue weighted by molar-refractivity contribution is 6.31. The molecule has 2 aromatic rings. The second-order valence-corrected chi connectivity index (χ2v) is 6.36.